The number of aromatic nitrogens is 1. The molecule has 33 heavy (non-hydrogen) atoms. The van der Waals surface area contributed by atoms with Gasteiger partial charge >= 0.3 is 0 Å². The highest BCUT2D eigenvalue weighted by Gasteiger charge is 2.25. The van der Waals surface area contributed by atoms with Crippen LogP contribution in [0.2, 0.25) is 0 Å². The van der Waals surface area contributed by atoms with Gasteiger partial charge in [0.05, 0.1) is 41.0 Å². The second kappa shape index (κ2) is 9.60. The third-order valence-corrected chi connectivity index (χ3v) is 9.29. The lowest BCUT2D eigenvalue weighted by Crippen LogP contribution is -2.37. The predicted octanol–water partition coefficient (Wildman–Crippen LogP) is 3.52. The molecule has 0 unspecified atom stereocenters. The van der Waals surface area contributed by atoms with E-state index in [1.165, 1.54) is 19.1 Å². The van der Waals surface area contributed by atoms with E-state index >= 15 is 0 Å². The van der Waals surface area contributed by atoms with Crippen LogP contribution in [0.4, 0.5) is 5.69 Å². The minimum Gasteiger partial charge on any atom is -0.381 e. The van der Waals surface area contributed by atoms with Crippen molar-refractivity contribution < 1.29 is 13.2 Å². The number of anilines is 1. The summed E-state index contributed by atoms with van der Waals surface area (Å²) >= 11 is 1.82. The molecule has 1 atom stereocenters. The number of sulfone groups is 1. The zero-order valence-electron chi connectivity index (χ0n) is 19.5. The summed E-state index contributed by atoms with van der Waals surface area (Å²) in [5, 5.41) is 5.68. The van der Waals surface area contributed by atoms with E-state index in [4.69, 9.17) is 9.73 Å². The van der Waals surface area contributed by atoms with E-state index < -0.39 is 9.84 Å². The number of fused-ring (bicyclic) bond motifs is 1. The summed E-state index contributed by atoms with van der Waals surface area (Å²) in [5.74, 6) is 1.00. The summed E-state index contributed by atoms with van der Waals surface area (Å²) in [5.41, 5.74) is 3.05. The SMILES string of the molecule is Cn1c(C2=N[C@H](CCN3CCOCC3)CS2)cc2cc(S(C)(=O)=O)cc(NC3CCCC3)c21. The van der Waals surface area contributed by atoms with E-state index in [0.717, 1.165) is 85.2 Å². The fraction of sp³-hybridized carbons (Fsp3) is 0.625. The van der Waals surface area contributed by atoms with Crippen LogP contribution in [-0.2, 0) is 21.6 Å². The molecule has 1 saturated heterocycles. The number of rotatable bonds is 7. The largest absolute Gasteiger partial charge is 0.381 e. The molecular weight excluding hydrogens is 456 g/mol. The molecule has 2 aliphatic heterocycles. The lowest BCUT2D eigenvalue weighted by Gasteiger charge is -2.26. The van der Waals surface area contributed by atoms with Crippen molar-refractivity contribution in [1.29, 1.82) is 0 Å². The Morgan fingerprint density at radius 1 is 1.18 bits per heavy atom. The van der Waals surface area contributed by atoms with Gasteiger partial charge in [0.25, 0.3) is 0 Å². The van der Waals surface area contributed by atoms with Gasteiger partial charge < -0.3 is 14.6 Å². The molecule has 0 bridgehead atoms. The second-order valence-electron chi connectivity index (χ2n) is 9.54. The van der Waals surface area contributed by atoms with Gasteiger partial charge in [0.1, 0.15) is 5.04 Å². The molecule has 1 N–H and O–H groups in total. The Morgan fingerprint density at radius 2 is 1.94 bits per heavy atom. The van der Waals surface area contributed by atoms with Gasteiger partial charge in [-0.05, 0) is 37.5 Å². The van der Waals surface area contributed by atoms with Crippen LogP contribution in [0.25, 0.3) is 10.9 Å². The Balaban J connectivity index is 1.43. The summed E-state index contributed by atoms with van der Waals surface area (Å²) in [6.45, 7) is 4.75. The summed E-state index contributed by atoms with van der Waals surface area (Å²) in [6.07, 6.45) is 7.07. The molecule has 5 rings (SSSR count). The number of hydrogen-bond donors (Lipinski definition) is 1. The average molecular weight is 491 g/mol. The van der Waals surface area contributed by atoms with Gasteiger partial charge in [0, 0.05) is 50.1 Å². The molecule has 0 radical (unpaired) electrons. The predicted molar refractivity (Wildman–Crippen MR) is 137 cm³/mol. The number of nitrogens with zero attached hydrogens (tertiary/aromatic N) is 3. The minimum atomic E-state index is -3.30. The number of nitrogens with one attached hydrogen (secondary N) is 1. The van der Waals surface area contributed by atoms with Crippen molar-refractivity contribution in [3.8, 4) is 0 Å². The van der Waals surface area contributed by atoms with Crippen molar-refractivity contribution in [1.82, 2.24) is 9.47 Å². The van der Waals surface area contributed by atoms with Crippen LogP contribution in [0.1, 0.15) is 37.8 Å². The molecule has 0 spiro atoms. The van der Waals surface area contributed by atoms with Crippen LogP contribution in [0.5, 0.6) is 0 Å². The first-order valence-corrected chi connectivity index (χ1v) is 14.9. The average Bonchev–Trinajstić information content (AvgIpc) is 3.53. The standard InChI is InChI=1S/C24H34N4O3S2/c1-27-22(24-26-19(16-32-24)7-8-28-9-11-31-12-10-28)14-17-13-20(33(2,29)30)15-21(23(17)27)25-18-5-3-4-6-18/h13-15,18-19,25H,3-12,16H2,1-2H3/t19-/m1/s1. The smallest absolute Gasteiger partial charge is 0.175 e. The number of hydrogen-bond acceptors (Lipinski definition) is 7. The normalized spacial score (nSPS) is 22.8. The third-order valence-electron chi connectivity index (χ3n) is 7.06. The number of aryl methyl sites for hydroxylation is 1. The molecule has 1 aliphatic carbocycles. The van der Waals surface area contributed by atoms with E-state index in [1.807, 2.05) is 23.9 Å². The maximum Gasteiger partial charge on any atom is 0.175 e. The van der Waals surface area contributed by atoms with Gasteiger partial charge in [-0.1, -0.05) is 12.8 Å². The highest BCUT2D eigenvalue weighted by Crippen LogP contribution is 2.35. The molecule has 180 valence electrons. The molecule has 9 heteroatoms. The van der Waals surface area contributed by atoms with Gasteiger partial charge in [-0.2, -0.15) is 0 Å². The van der Waals surface area contributed by atoms with E-state index in [2.05, 4.69) is 27.9 Å². The highest BCUT2D eigenvalue weighted by atomic mass is 32.2. The summed E-state index contributed by atoms with van der Waals surface area (Å²) in [4.78, 5) is 7.90. The van der Waals surface area contributed by atoms with E-state index in [0.29, 0.717) is 17.0 Å². The van der Waals surface area contributed by atoms with Crippen molar-refractivity contribution in [2.24, 2.45) is 12.0 Å². The van der Waals surface area contributed by atoms with Crippen LogP contribution < -0.4 is 5.32 Å². The highest BCUT2D eigenvalue weighted by molar-refractivity contribution is 8.14. The first kappa shape index (κ1) is 23.2. The monoisotopic (exact) mass is 490 g/mol. The molecule has 7 nitrogen and oxygen atoms in total. The lowest BCUT2D eigenvalue weighted by atomic mass is 10.2. The Hall–Kier alpha value is -1.55. The Kier molecular flexibility index (Phi) is 6.75. The fourth-order valence-electron chi connectivity index (χ4n) is 5.16. The first-order chi connectivity index (χ1) is 15.9. The molecule has 3 heterocycles. The molecule has 1 aromatic heterocycles. The third kappa shape index (κ3) is 5.11. The van der Waals surface area contributed by atoms with Crippen LogP contribution in [0, 0.1) is 0 Å². The number of aliphatic imine (C=N–C) groups is 1. The van der Waals surface area contributed by atoms with Crippen molar-refractivity contribution in [2.75, 3.05) is 50.2 Å². The molecule has 0 amide bonds. The minimum absolute atomic E-state index is 0.327. The fourth-order valence-corrected chi connectivity index (χ4v) is 6.99. The first-order valence-electron chi connectivity index (χ1n) is 12.0. The maximum absolute atomic E-state index is 12.4. The summed E-state index contributed by atoms with van der Waals surface area (Å²) in [7, 11) is -1.23. The number of thioether (sulfide) groups is 1. The zero-order chi connectivity index (χ0) is 23.0. The Bertz CT molecular complexity index is 1150. The molecule has 2 aromatic rings. The zero-order valence-corrected chi connectivity index (χ0v) is 21.2. The number of ether oxygens (including phenoxy) is 1. The topological polar surface area (TPSA) is 75.9 Å². The molecular formula is C24H34N4O3S2. The maximum atomic E-state index is 12.4. The van der Waals surface area contributed by atoms with Gasteiger partial charge in [-0.25, -0.2) is 8.42 Å². The van der Waals surface area contributed by atoms with E-state index in [-0.39, 0.29) is 0 Å². The van der Waals surface area contributed by atoms with Gasteiger partial charge in [-0.3, -0.25) is 9.89 Å². The Labute approximate surface area is 200 Å². The summed E-state index contributed by atoms with van der Waals surface area (Å²) < 4.78 is 32.4. The van der Waals surface area contributed by atoms with Crippen LogP contribution in [0.3, 0.4) is 0 Å². The van der Waals surface area contributed by atoms with Crippen LogP contribution in [-0.4, -0.2) is 79.9 Å². The number of benzene rings is 1. The second-order valence-corrected chi connectivity index (χ2v) is 12.6. The van der Waals surface area contributed by atoms with Crippen LogP contribution >= 0.6 is 11.8 Å². The van der Waals surface area contributed by atoms with Gasteiger partial charge in [0.2, 0.25) is 0 Å². The quantitative estimate of drug-likeness (QED) is 0.640. The van der Waals surface area contributed by atoms with Crippen molar-refractivity contribution in [2.45, 2.75) is 49.1 Å². The van der Waals surface area contributed by atoms with Crippen molar-refractivity contribution >= 4 is 43.2 Å². The molecule has 2 fully saturated rings. The lowest BCUT2D eigenvalue weighted by molar-refractivity contribution is 0.0369. The molecule has 1 saturated carbocycles. The molecule has 3 aliphatic rings. The van der Waals surface area contributed by atoms with E-state index in [9.17, 15) is 8.42 Å². The van der Waals surface area contributed by atoms with Gasteiger partial charge in [-0.15, -0.1) is 11.8 Å². The van der Waals surface area contributed by atoms with Crippen molar-refractivity contribution in [3.05, 3.63) is 23.9 Å². The van der Waals surface area contributed by atoms with Gasteiger partial charge in [0.15, 0.2) is 9.84 Å². The van der Waals surface area contributed by atoms with E-state index in [1.54, 1.807) is 0 Å². The van der Waals surface area contributed by atoms with Crippen molar-refractivity contribution in [3.63, 3.8) is 0 Å². The summed E-state index contributed by atoms with van der Waals surface area (Å²) in [6, 6.07) is 6.47. The number of morpholine rings is 1. The van der Waals surface area contributed by atoms with Crippen LogP contribution in [0.15, 0.2) is 28.1 Å². The molecule has 1 aromatic carbocycles. The Morgan fingerprint density at radius 3 is 2.67 bits per heavy atom.